The fourth-order valence-electron chi connectivity index (χ4n) is 4.11. The van der Waals surface area contributed by atoms with Crippen LogP contribution in [0.5, 0.6) is 0 Å². The van der Waals surface area contributed by atoms with Crippen LogP contribution in [0.15, 0.2) is 59.6 Å². The van der Waals surface area contributed by atoms with Crippen molar-refractivity contribution in [3.8, 4) is 6.07 Å². The highest BCUT2D eigenvalue weighted by Crippen LogP contribution is 2.33. The van der Waals surface area contributed by atoms with Gasteiger partial charge in [-0.2, -0.15) is 5.26 Å². The highest BCUT2D eigenvalue weighted by Gasteiger charge is 2.28. The molecule has 0 amide bonds. The van der Waals surface area contributed by atoms with E-state index in [9.17, 15) is 23.8 Å². The van der Waals surface area contributed by atoms with Gasteiger partial charge in [0.25, 0.3) is 15.7 Å². The van der Waals surface area contributed by atoms with E-state index in [2.05, 4.69) is 15.8 Å². The molecule has 0 saturated carbocycles. The molecule has 1 saturated heterocycles. The molecular formula is C24H24N6O4S. The van der Waals surface area contributed by atoms with Crippen LogP contribution in [0.1, 0.15) is 16.7 Å². The smallest absolute Gasteiger partial charge is 0.293 e. The largest absolute Gasteiger partial charge is 0.362 e. The number of nitro benzene ring substituents is 1. The molecule has 0 radical (unpaired) electrons. The number of rotatable bonds is 6. The number of nitrogens with one attached hydrogen (secondary N) is 1. The van der Waals surface area contributed by atoms with E-state index < -0.39 is 14.9 Å². The van der Waals surface area contributed by atoms with Gasteiger partial charge in [-0.3, -0.25) is 14.8 Å². The standard InChI is InChI=1S/C24H24N6O4S/c1-17-5-7-21(18(2)14-17)27-35(33,34)20-6-8-22(23(15-20)30(31)32)28-10-12-29(13-11-28)24-19(16-25)4-3-9-26-24/h3-9,14-15,27H,10-13H2,1-2H3. The van der Waals surface area contributed by atoms with Gasteiger partial charge in [0, 0.05) is 38.4 Å². The number of nitriles is 1. The topological polar surface area (TPSA) is 132 Å². The highest BCUT2D eigenvalue weighted by atomic mass is 32.2. The maximum atomic E-state index is 13.0. The Hall–Kier alpha value is -4.17. The Morgan fingerprint density at radius 1 is 1.06 bits per heavy atom. The SMILES string of the molecule is Cc1ccc(NS(=O)(=O)c2ccc(N3CCN(c4ncccc4C#N)CC3)c([N+](=O)[O-])c2)c(C)c1. The second-order valence-corrected chi connectivity index (χ2v) is 9.97. The van der Waals surface area contributed by atoms with Crippen LogP contribution in [0.25, 0.3) is 0 Å². The molecule has 2 heterocycles. The van der Waals surface area contributed by atoms with Gasteiger partial charge in [0.05, 0.1) is 21.1 Å². The number of benzene rings is 2. The molecule has 0 aliphatic carbocycles. The summed E-state index contributed by atoms with van der Waals surface area (Å²) in [5, 5.41) is 21.2. The lowest BCUT2D eigenvalue weighted by Gasteiger charge is -2.36. The molecule has 1 aliphatic rings. The molecule has 1 fully saturated rings. The number of pyridine rings is 1. The quantitative estimate of drug-likeness (QED) is 0.408. The predicted molar refractivity (Wildman–Crippen MR) is 133 cm³/mol. The highest BCUT2D eigenvalue weighted by molar-refractivity contribution is 7.92. The Bertz CT molecular complexity index is 1430. The van der Waals surface area contributed by atoms with Gasteiger partial charge in [0.15, 0.2) is 0 Å². The summed E-state index contributed by atoms with van der Waals surface area (Å²) in [6, 6.07) is 14.8. The van der Waals surface area contributed by atoms with Crippen LogP contribution >= 0.6 is 0 Å². The van der Waals surface area contributed by atoms with Gasteiger partial charge in [0.2, 0.25) is 0 Å². The van der Waals surface area contributed by atoms with Gasteiger partial charge < -0.3 is 9.80 Å². The first kappa shape index (κ1) is 24.0. The first-order valence-corrected chi connectivity index (χ1v) is 12.4. The van der Waals surface area contributed by atoms with E-state index in [1.54, 1.807) is 37.4 Å². The third-order valence-corrected chi connectivity index (χ3v) is 7.27. The van der Waals surface area contributed by atoms with Crippen LogP contribution in [-0.2, 0) is 10.0 Å². The van der Waals surface area contributed by atoms with E-state index in [1.807, 2.05) is 22.8 Å². The van der Waals surface area contributed by atoms with Crippen molar-refractivity contribution in [2.45, 2.75) is 18.7 Å². The molecule has 0 bridgehead atoms. The number of aromatic nitrogens is 1. The summed E-state index contributed by atoms with van der Waals surface area (Å²) in [6.07, 6.45) is 1.62. The van der Waals surface area contributed by atoms with Gasteiger partial charge in [0.1, 0.15) is 17.6 Å². The first-order valence-electron chi connectivity index (χ1n) is 10.9. The summed E-state index contributed by atoms with van der Waals surface area (Å²) in [7, 11) is -4.02. The van der Waals surface area contributed by atoms with Crippen molar-refractivity contribution in [1.29, 1.82) is 5.26 Å². The fraction of sp³-hybridized carbons (Fsp3) is 0.250. The molecule has 1 aliphatic heterocycles. The van der Waals surface area contributed by atoms with Crippen molar-refractivity contribution in [3.05, 3.63) is 81.5 Å². The van der Waals surface area contributed by atoms with E-state index >= 15 is 0 Å². The molecule has 0 spiro atoms. The fourth-order valence-corrected chi connectivity index (χ4v) is 5.26. The van der Waals surface area contributed by atoms with Crippen LogP contribution in [0, 0.1) is 35.3 Å². The zero-order valence-corrected chi connectivity index (χ0v) is 20.1. The van der Waals surface area contributed by atoms with Crippen LogP contribution < -0.4 is 14.5 Å². The second-order valence-electron chi connectivity index (χ2n) is 8.29. The maximum Gasteiger partial charge on any atom is 0.293 e. The number of piperazine rings is 1. The Morgan fingerprint density at radius 3 is 2.43 bits per heavy atom. The predicted octanol–water partition coefficient (Wildman–Crippen LogP) is 3.61. The minimum absolute atomic E-state index is 0.182. The van der Waals surface area contributed by atoms with Crippen molar-refractivity contribution in [2.24, 2.45) is 0 Å². The van der Waals surface area contributed by atoms with Crippen molar-refractivity contribution in [1.82, 2.24) is 4.98 Å². The minimum Gasteiger partial charge on any atom is -0.362 e. The molecule has 4 rings (SSSR count). The van der Waals surface area contributed by atoms with E-state index in [-0.39, 0.29) is 10.6 Å². The van der Waals surface area contributed by atoms with Crippen molar-refractivity contribution in [2.75, 3.05) is 40.7 Å². The van der Waals surface area contributed by atoms with Gasteiger partial charge >= 0.3 is 0 Å². The summed E-state index contributed by atoms with van der Waals surface area (Å²) in [6.45, 7) is 5.63. The number of hydrogen-bond acceptors (Lipinski definition) is 8. The lowest BCUT2D eigenvalue weighted by molar-refractivity contribution is -0.384. The number of hydrogen-bond donors (Lipinski definition) is 1. The van der Waals surface area contributed by atoms with Crippen molar-refractivity contribution < 1.29 is 13.3 Å². The van der Waals surface area contributed by atoms with Gasteiger partial charge in [-0.1, -0.05) is 17.7 Å². The number of anilines is 3. The lowest BCUT2D eigenvalue weighted by Crippen LogP contribution is -2.47. The third kappa shape index (κ3) is 5.02. The summed E-state index contributed by atoms with van der Waals surface area (Å²) in [4.78, 5) is 19.2. The Kier molecular flexibility index (Phi) is 6.57. The molecule has 0 atom stereocenters. The Labute approximate surface area is 203 Å². The first-order chi connectivity index (χ1) is 16.7. The molecule has 10 nitrogen and oxygen atoms in total. The molecule has 180 valence electrons. The molecule has 1 N–H and O–H groups in total. The molecule has 1 aromatic heterocycles. The lowest BCUT2D eigenvalue weighted by atomic mass is 10.1. The summed E-state index contributed by atoms with van der Waals surface area (Å²) in [5.74, 6) is 0.586. The van der Waals surface area contributed by atoms with Crippen LogP contribution in [0.4, 0.5) is 22.9 Å². The molecule has 35 heavy (non-hydrogen) atoms. The zero-order valence-electron chi connectivity index (χ0n) is 19.3. The summed E-state index contributed by atoms with van der Waals surface area (Å²) in [5.41, 5.74) is 2.71. The number of aryl methyl sites for hydroxylation is 2. The number of sulfonamides is 1. The molecule has 2 aromatic carbocycles. The van der Waals surface area contributed by atoms with Crippen LogP contribution in [-0.4, -0.2) is 44.5 Å². The zero-order chi connectivity index (χ0) is 25.2. The third-order valence-electron chi connectivity index (χ3n) is 5.91. The Morgan fingerprint density at radius 2 is 1.77 bits per heavy atom. The Balaban J connectivity index is 1.56. The average Bonchev–Trinajstić information content (AvgIpc) is 2.85. The van der Waals surface area contributed by atoms with Crippen molar-refractivity contribution >= 4 is 32.9 Å². The minimum atomic E-state index is -4.02. The van der Waals surface area contributed by atoms with Gasteiger partial charge in [-0.05, 0) is 49.7 Å². The van der Waals surface area contributed by atoms with E-state index in [1.165, 1.54) is 12.1 Å². The van der Waals surface area contributed by atoms with Crippen LogP contribution in [0.2, 0.25) is 0 Å². The summed E-state index contributed by atoms with van der Waals surface area (Å²) >= 11 is 0. The van der Waals surface area contributed by atoms with Gasteiger partial charge in [-0.15, -0.1) is 0 Å². The number of nitro groups is 1. The second kappa shape index (κ2) is 9.60. The molecule has 3 aromatic rings. The van der Waals surface area contributed by atoms with Crippen LogP contribution in [0.3, 0.4) is 0 Å². The maximum absolute atomic E-state index is 13.0. The van der Waals surface area contributed by atoms with E-state index in [4.69, 9.17) is 0 Å². The van der Waals surface area contributed by atoms with E-state index in [0.29, 0.717) is 48.9 Å². The van der Waals surface area contributed by atoms with Crippen molar-refractivity contribution in [3.63, 3.8) is 0 Å². The monoisotopic (exact) mass is 492 g/mol. The van der Waals surface area contributed by atoms with Gasteiger partial charge in [-0.25, -0.2) is 13.4 Å². The summed E-state index contributed by atoms with van der Waals surface area (Å²) < 4.78 is 28.5. The molecule has 11 heteroatoms. The molecule has 0 unspecified atom stereocenters. The average molecular weight is 493 g/mol. The normalized spacial score (nSPS) is 13.9. The molecular weight excluding hydrogens is 468 g/mol. The van der Waals surface area contributed by atoms with E-state index in [0.717, 1.165) is 17.2 Å². The number of nitrogens with zero attached hydrogens (tertiary/aromatic N) is 5.